The van der Waals surface area contributed by atoms with Crippen LogP contribution < -0.4 is 0 Å². The van der Waals surface area contributed by atoms with Gasteiger partial charge in [0, 0.05) is 0 Å². The van der Waals surface area contributed by atoms with Gasteiger partial charge in [-0.15, -0.1) is 0 Å². The van der Waals surface area contributed by atoms with E-state index in [1.165, 1.54) is 6.07 Å². The molecular weight excluding hydrogens is 261 g/mol. The average Bonchev–Trinajstić information content (AvgIpc) is 2.41. The molecule has 0 spiro atoms. The third-order valence-corrected chi connectivity index (χ3v) is 2.16. The van der Waals surface area contributed by atoms with Gasteiger partial charge in [-0.3, -0.25) is 0 Å². The Balaban J connectivity index is 2.77. The highest BCUT2D eigenvalue weighted by Crippen LogP contribution is 2.34. The second-order valence-electron chi connectivity index (χ2n) is 2.73. The van der Waals surface area contributed by atoms with Crippen molar-refractivity contribution in [3.63, 3.8) is 0 Å². The van der Waals surface area contributed by atoms with Gasteiger partial charge in [0.15, 0.2) is 4.73 Å². The quantitative estimate of drug-likeness (QED) is 0.777. The number of rotatable bonds is 0. The molecule has 74 valence electrons. The predicted molar refractivity (Wildman–Crippen MR) is 48.8 cm³/mol. The highest BCUT2D eigenvalue weighted by atomic mass is 79.9. The maximum atomic E-state index is 12.5. The molecule has 1 aromatic carbocycles. The summed E-state index contributed by atoms with van der Waals surface area (Å²) < 4.78 is 37.7. The lowest BCUT2D eigenvalue weighted by Gasteiger charge is -2.05. The summed E-state index contributed by atoms with van der Waals surface area (Å²) in [7, 11) is 0. The lowest BCUT2D eigenvalue weighted by atomic mass is 10.2. The first kappa shape index (κ1) is 9.51. The van der Waals surface area contributed by atoms with Crippen molar-refractivity contribution in [2.75, 3.05) is 0 Å². The summed E-state index contributed by atoms with van der Waals surface area (Å²) >= 11 is 2.99. The maximum Gasteiger partial charge on any atom is 0.418 e. The molecule has 2 aromatic rings. The summed E-state index contributed by atoms with van der Waals surface area (Å²) in [5.74, 6) is 0. The number of aromatic nitrogens is 2. The molecule has 0 atom stereocenters. The SMILES string of the molecule is FC(F)(F)c1cccc2[nH]c(Br)nc12. The molecule has 1 N–H and O–H groups in total. The number of nitrogens with zero attached hydrogens (tertiary/aromatic N) is 1. The minimum Gasteiger partial charge on any atom is -0.332 e. The van der Waals surface area contributed by atoms with Gasteiger partial charge in [0.1, 0.15) is 5.52 Å². The normalized spacial score (nSPS) is 12.3. The summed E-state index contributed by atoms with van der Waals surface area (Å²) in [5, 5.41) is 0. The van der Waals surface area contributed by atoms with Crippen LogP contribution in [0, 0.1) is 0 Å². The summed E-state index contributed by atoms with van der Waals surface area (Å²) in [5.41, 5.74) is -0.421. The Morgan fingerprint density at radius 2 is 2.00 bits per heavy atom. The van der Waals surface area contributed by atoms with Crippen molar-refractivity contribution in [3.8, 4) is 0 Å². The fourth-order valence-electron chi connectivity index (χ4n) is 1.23. The Kier molecular flexibility index (Phi) is 2.02. The summed E-state index contributed by atoms with van der Waals surface area (Å²) in [6.07, 6.45) is -4.37. The Morgan fingerprint density at radius 1 is 1.29 bits per heavy atom. The van der Waals surface area contributed by atoms with E-state index in [9.17, 15) is 13.2 Å². The zero-order valence-electron chi connectivity index (χ0n) is 6.69. The molecule has 0 saturated heterocycles. The van der Waals surface area contributed by atoms with Crippen molar-refractivity contribution in [2.24, 2.45) is 0 Å². The van der Waals surface area contributed by atoms with Crippen LogP contribution in [-0.2, 0) is 6.18 Å². The van der Waals surface area contributed by atoms with Crippen LogP contribution in [-0.4, -0.2) is 9.97 Å². The molecule has 0 radical (unpaired) electrons. The minimum atomic E-state index is -4.37. The van der Waals surface area contributed by atoms with E-state index >= 15 is 0 Å². The second kappa shape index (κ2) is 2.98. The van der Waals surface area contributed by atoms with E-state index < -0.39 is 11.7 Å². The Morgan fingerprint density at radius 3 is 2.64 bits per heavy atom. The molecule has 0 aliphatic rings. The molecular formula is C8H4BrF3N2. The van der Waals surface area contributed by atoms with Gasteiger partial charge in [0.2, 0.25) is 0 Å². The van der Waals surface area contributed by atoms with Gasteiger partial charge in [-0.25, -0.2) is 4.98 Å². The van der Waals surface area contributed by atoms with E-state index in [4.69, 9.17) is 0 Å². The Labute approximate surface area is 85.3 Å². The molecule has 1 heterocycles. The van der Waals surface area contributed by atoms with E-state index in [0.717, 1.165) is 6.07 Å². The fourth-order valence-corrected chi connectivity index (χ4v) is 1.62. The number of H-pyrrole nitrogens is 1. The third-order valence-electron chi connectivity index (χ3n) is 1.79. The molecule has 14 heavy (non-hydrogen) atoms. The molecule has 0 amide bonds. The number of imidazole rings is 1. The van der Waals surface area contributed by atoms with Gasteiger partial charge >= 0.3 is 6.18 Å². The number of para-hydroxylation sites is 1. The largest absolute Gasteiger partial charge is 0.418 e. The summed E-state index contributed by atoms with van der Waals surface area (Å²) in [6.45, 7) is 0. The van der Waals surface area contributed by atoms with Crippen molar-refractivity contribution >= 4 is 27.0 Å². The number of nitrogens with one attached hydrogen (secondary N) is 1. The van der Waals surface area contributed by atoms with Crippen molar-refractivity contribution < 1.29 is 13.2 Å². The molecule has 2 nitrogen and oxygen atoms in total. The molecule has 0 aliphatic heterocycles. The van der Waals surface area contributed by atoms with Crippen LogP contribution in [0.25, 0.3) is 11.0 Å². The van der Waals surface area contributed by atoms with Crippen LogP contribution >= 0.6 is 15.9 Å². The number of alkyl halides is 3. The number of fused-ring (bicyclic) bond motifs is 1. The molecule has 2 rings (SSSR count). The van der Waals surface area contributed by atoms with Crippen LogP contribution in [0.2, 0.25) is 0 Å². The van der Waals surface area contributed by atoms with Gasteiger partial charge < -0.3 is 4.98 Å². The standard InChI is InChI=1S/C8H4BrF3N2/c9-7-13-5-3-1-2-4(6(5)14-7)8(10,11)12/h1-3H,(H,13,14). The molecule has 0 bridgehead atoms. The molecule has 0 aliphatic carbocycles. The van der Waals surface area contributed by atoms with E-state index in [-0.39, 0.29) is 5.52 Å². The Hall–Kier alpha value is -1.04. The number of hydrogen-bond donors (Lipinski definition) is 1. The fraction of sp³-hybridized carbons (Fsp3) is 0.125. The predicted octanol–water partition coefficient (Wildman–Crippen LogP) is 3.34. The van der Waals surface area contributed by atoms with E-state index in [1.54, 1.807) is 6.07 Å². The highest BCUT2D eigenvalue weighted by Gasteiger charge is 2.33. The monoisotopic (exact) mass is 264 g/mol. The van der Waals surface area contributed by atoms with Gasteiger partial charge in [-0.05, 0) is 28.1 Å². The van der Waals surface area contributed by atoms with Gasteiger partial charge in [-0.2, -0.15) is 13.2 Å². The van der Waals surface area contributed by atoms with Crippen LogP contribution in [0.5, 0.6) is 0 Å². The average molecular weight is 265 g/mol. The van der Waals surface area contributed by atoms with Crippen LogP contribution in [0.1, 0.15) is 5.56 Å². The van der Waals surface area contributed by atoms with E-state index in [2.05, 4.69) is 25.9 Å². The van der Waals surface area contributed by atoms with Crippen molar-refractivity contribution in [3.05, 3.63) is 28.5 Å². The molecule has 0 saturated carbocycles. The lowest BCUT2D eigenvalue weighted by Crippen LogP contribution is -2.05. The van der Waals surface area contributed by atoms with Gasteiger partial charge in [-0.1, -0.05) is 6.07 Å². The number of halogens is 4. The second-order valence-corrected chi connectivity index (χ2v) is 3.48. The summed E-state index contributed by atoms with van der Waals surface area (Å²) in [6, 6.07) is 3.90. The van der Waals surface area contributed by atoms with Crippen molar-refractivity contribution in [2.45, 2.75) is 6.18 Å². The molecule has 6 heteroatoms. The van der Waals surface area contributed by atoms with Gasteiger partial charge in [0.25, 0.3) is 0 Å². The molecule has 0 fully saturated rings. The molecule has 0 unspecified atom stereocenters. The number of hydrogen-bond acceptors (Lipinski definition) is 1. The first-order chi connectivity index (χ1) is 6.48. The maximum absolute atomic E-state index is 12.5. The highest BCUT2D eigenvalue weighted by molar-refractivity contribution is 9.10. The Bertz CT molecular complexity index is 475. The smallest absolute Gasteiger partial charge is 0.332 e. The van der Waals surface area contributed by atoms with Crippen LogP contribution in [0.4, 0.5) is 13.2 Å². The van der Waals surface area contributed by atoms with Crippen molar-refractivity contribution in [1.29, 1.82) is 0 Å². The van der Waals surface area contributed by atoms with Crippen LogP contribution in [0.15, 0.2) is 22.9 Å². The third kappa shape index (κ3) is 1.50. The first-order valence-corrected chi connectivity index (χ1v) is 4.49. The zero-order valence-corrected chi connectivity index (χ0v) is 8.28. The first-order valence-electron chi connectivity index (χ1n) is 3.70. The van der Waals surface area contributed by atoms with Gasteiger partial charge in [0.05, 0.1) is 11.1 Å². The van der Waals surface area contributed by atoms with E-state index in [0.29, 0.717) is 10.3 Å². The van der Waals surface area contributed by atoms with E-state index in [1.807, 2.05) is 0 Å². The van der Waals surface area contributed by atoms with Crippen LogP contribution in [0.3, 0.4) is 0 Å². The zero-order chi connectivity index (χ0) is 10.3. The topological polar surface area (TPSA) is 28.7 Å². The lowest BCUT2D eigenvalue weighted by molar-refractivity contribution is -0.136. The number of aromatic amines is 1. The number of benzene rings is 1. The van der Waals surface area contributed by atoms with Crippen molar-refractivity contribution in [1.82, 2.24) is 9.97 Å². The molecule has 1 aromatic heterocycles. The summed E-state index contributed by atoms with van der Waals surface area (Å²) in [4.78, 5) is 6.40. The minimum absolute atomic E-state index is 0.0631.